The first-order valence-electron chi connectivity index (χ1n) is 6.97. The van der Waals surface area contributed by atoms with E-state index in [1.807, 2.05) is 13.8 Å². The average Bonchev–Trinajstić information content (AvgIpc) is 2.97. The van der Waals surface area contributed by atoms with Gasteiger partial charge in [0.1, 0.15) is 0 Å². The number of hydrogen-bond acceptors (Lipinski definition) is 3. The largest absolute Gasteiger partial charge is 0.355 e. The van der Waals surface area contributed by atoms with Crippen LogP contribution in [0.25, 0.3) is 0 Å². The molecule has 2 N–H and O–H groups in total. The van der Waals surface area contributed by atoms with Crippen molar-refractivity contribution in [3.63, 3.8) is 0 Å². The van der Waals surface area contributed by atoms with E-state index < -0.39 is 0 Å². The van der Waals surface area contributed by atoms with E-state index in [1.54, 1.807) is 4.90 Å². The quantitative estimate of drug-likeness (QED) is 0.731. The number of amides is 2. The molecule has 0 saturated carbocycles. The number of likely N-dealkylation sites (N-methyl/N-ethyl adjacent to an activating group) is 2. The van der Waals surface area contributed by atoms with Gasteiger partial charge in [-0.3, -0.25) is 9.59 Å². The van der Waals surface area contributed by atoms with E-state index >= 15 is 0 Å². The summed E-state index contributed by atoms with van der Waals surface area (Å²) in [6, 6.07) is 0.859. The van der Waals surface area contributed by atoms with E-state index in [9.17, 15) is 9.59 Å². The van der Waals surface area contributed by atoms with E-state index in [-0.39, 0.29) is 24.3 Å². The fourth-order valence-electron chi connectivity index (χ4n) is 3.10. The van der Waals surface area contributed by atoms with Crippen LogP contribution in [0.5, 0.6) is 0 Å². The summed E-state index contributed by atoms with van der Waals surface area (Å²) in [5.41, 5.74) is 0. The molecule has 2 saturated heterocycles. The van der Waals surface area contributed by atoms with Gasteiger partial charge in [0.25, 0.3) is 0 Å². The van der Waals surface area contributed by atoms with E-state index in [4.69, 9.17) is 0 Å². The van der Waals surface area contributed by atoms with Gasteiger partial charge < -0.3 is 15.5 Å². The summed E-state index contributed by atoms with van der Waals surface area (Å²) in [5.74, 6) is 0.158. The van der Waals surface area contributed by atoms with Crippen LogP contribution >= 0.6 is 0 Å². The Hall–Kier alpha value is -1.10. The lowest BCUT2D eigenvalue weighted by Gasteiger charge is -2.27. The lowest BCUT2D eigenvalue weighted by Crippen LogP contribution is -2.45. The summed E-state index contributed by atoms with van der Waals surface area (Å²) in [7, 11) is 0. The number of nitrogens with one attached hydrogen (secondary N) is 2. The molecule has 0 radical (unpaired) electrons. The molecule has 5 heteroatoms. The summed E-state index contributed by atoms with van der Waals surface area (Å²) in [6.07, 6.45) is 3.23. The molecule has 0 aromatic rings. The van der Waals surface area contributed by atoms with E-state index in [0.717, 1.165) is 12.8 Å². The number of fused-ring (bicyclic) bond motifs is 2. The van der Waals surface area contributed by atoms with Crippen molar-refractivity contribution in [2.45, 2.75) is 45.2 Å². The average molecular weight is 253 g/mol. The van der Waals surface area contributed by atoms with Crippen molar-refractivity contribution in [3.8, 4) is 0 Å². The number of carbonyl (C=O) groups is 2. The Labute approximate surface area is 108 Å². The number of carbonyl (C=O) groups excluding carboxylic acids is 2. The van der Waals surface area contributed by atoms with Gasteiger partial charge in [0, 0.05) is 25.2 Å². The molecular weight excluding hydrogens is 230 g/mol. The van der Waals surface area contributed by atoms with Crippen LogP contribution < -0.4 is 10.6 Å². The Morgan fingerprint density at radius 1 is 1.33 bits per heavy atom. The molecule has 2 amide bonds. The molecule has 3 atom stereocenters. The number of rotatable bonds is 5. The van der Waals surface area contributed by atoms with Crippen molar-refractivity contribution >= 4 is 11.8 Å². The van der Waals surface area contributed by atoms with Gasteiger partial charge in [-0.1, -0.05) is 0 Å². The maximum absolute atomic E-state index is 12.4. The highest BCUT2D eigenvalue weighted by Gasteiger charge is 2.44. The highest BCUT2D eigenvalue weighted by atomic mass is 16.2. The minimum Gasteiger partial charge on any atom is -0.355 e. The normalized spacial score (nSPS) is 29.3. The van der Waals surface area contributed by atoms with Gasteiger partial charge in [-0.25, -0.2) is 0 Å². The zero-order chi connectivity index (χ0) is 13.1. The molecule has 0 aromatic heterocycles. The highest BCUT2D eigenvalue weighted by molar-refractivity contribution is 5.86. The second-order valence-corrected chi connectivity index (χ2v) is 5.20. The fraction of sp³-hybridized carbons (Fsp3) is 0.846. The maximum Gasteiger partial charge on any atom is 0.239 e. The zero-order valence-corrected chi connectivity index (χ0v) is 11.2. The molecule has 2 rings (SSSR count). The Bertz CT molecular complexity index is 332. The lowest BCUT2D eigenvalue weighted by atomic mass is 9.88. The lowest BCUT2D eigenvalue weighted by molar-refractivity contribution is -0.139. The monoisotopic (exact) mass is 253 g/mol. The van der Waals surface area contributed by atoms with Crippen molar-refractivity contribution in [1.29, 1.82) is 0 Å². The molecule has 0 aromatic carbocycles. The summed E-state index contributed by atoms with van der Waals surface area (Å²) < 4.78 is 0. The van der Waals surface area contributed by atoms with Crippen LogP contribution in [0.2, 0.25) is 0 Å². The second-order valence-electron chi connectivity index (χ2n) is 5.20. The SMILES string of the molecule is CCNC(=O)CN(CC)C(=O)C1CC2CCC1N2. The third kappa shape index (κ3) is 2.66. The molecule has 102 valence electrons. The Kier molecular flexibility index (Phi) is 4.22. The smallest absolute Gasteiger partial charge is 0.239 e. The third-order valence-corrected chi connectivity index (χ3v) is 4.02. The Morgan fingerprint density at radius 3 is 2.61 bits per heavy atom. The molecule has 2 heterocycles. The molecule has 2 aliphatic heterocycles. The third-order valence-electron chi connectivity index (χ3n) is 4.02. The van der Waals surface area contributed by atoms with Gasteiger partial charge in [-0.15, -0.1) is 0 Å². The summed E-state index contributed by atoms with van der Waals surface area (Å²) >= 11 is 0. The second kappa shape index (κ2) is 5.69. The van der Waals surface area contributed by atoms with Crippen molar-refractivity contribution in [3.05, 3.63) is 0 Å². The van der Waals surface area contributed by atoms with Gasteiger partial charge in [0.05, 0.1) is 12.5 Å². The predicted molar refractivity (Wildman–Crippen MR) is 69.0 cm³/mol. The van der Waals surface area contributed by atoms with Crippen LogP contribution in [-0.2, 0) is 9.59 Å². The standard InChI is InChI=1S/C13H23N3O2/c1-3-14-12(17)8-16(4-2)13(18)10-7-9-5-6-11(10)15-9/h9-11,15H,3-8H2,1-2H3,(H,14,17). The van der Waals surface area contributed by atoms with E-state index in [2.05, 4.69) is 10.6 Å². The fourth-order valence-corrected chi connectivity index (χ4v) is 3.10. The number of nitrogens with zero attached hydrogens (tertiary/aromatic N) is 1. The topological polar surface area (TPSA) is 61.4 Å². The van der Waals surface area contributed by atoms with Crippen LogP contribution in [0.1, 0.15) is 33.1 Å². The molecule has 2 bridgehead atoms. The minimum absolute atomic E-state index is 0.0659. The molecule has 2 fully saturated rings. The molecule has 18 heavy (non-hydrogen) atoms. The summed E-state index contributed by atoms with van der Waals surface area (Å²) in [4.78, 5) is 25.7. The molecular formula is C13H23N3O2. The first kappa shape index (κ1) is 13.3. The summed E-state index contributed by atoms with van der Waals surface area (Å²) in [6.45, 7) is 5.22. The highest BCUT2D eigenvalue weighted by Crippen LogP contribution is 2.34. The van der Waals surface area contributed by atoms with Crippen LogP contribution in [0.3, 0.4) is 0 Å². The molecule has 0 spiro atoms. The van der Waals surface area contributed by atoms with Crippen LogP contribution in [0.15, 0.2) is 0 Å². The van der Waals surface area contributed by atoms with Gasteiger partial charge in [0.15, 0.2) is 0 Å². The number of hydrogen-bond donors (Lipinski definition) is 2. The Balaban J connectivity index is 1.91. The van der Waals surface area contributed by atoms with Crippen molar-refractivity contribution in [1.82, 2.24) is 15.5 Å². The van der Waals surface area contributed by atoms with Crippen molar-refractivity contribution in [2.24, 2.45) is 5.92 Å². The molecule has 3 unspecified atom stereocenters. The predicted octanol–water partition coefficient (Wildman–Crippen LogP) is 0.112. The maximum atomic E-state index is 12.4. The first-order valence-corrected chi connectivity index (χ1v) is 6.97. The summed E-state index contributed by atoms with van der Waals surface area (Å²) in [5, 5.41) is 6.21. The van der Waals surface area contributed by atoms with E-state index in [0.29, 0.717) is 25.2 Å². The Morgan fingerprint density at radius 2 is 2.11 bits per heavy atom. The van der Waals surface area contributed by atoms with Crippen molar-refractivity contribution < 1.29 is 9.59 Å². The molecule has 5 nitrogen and oxygen atoms in total. The first-order chi connectivity index (χ1) is 8.65. The van der Waals surface area contributed by atoms with Gasteiger partial charge in [-0.05, 0) is 33.1 Å². The van der Waals surface area contributed by atoms with Gasteiger partial charge >= 0.3 is 0 Å². The van der Waals surface area contributed by atoms with Crippen LogP contribution in [0, 0.1) is 5.92 Å². The van der Waals surface area contributed by atoms with Crippen molar-refractivity contribution in [2.75, 3.05) is 19.6 Å². The van der Waals surface area contributed by atoms with Crippen LogP contribution in [-0.4, -0.2) is 48.4 Å². The zero-order valence-electron chi connectivity index (χ0n) is 11.2. The van der Waals surface area contributed by atoms with Gasteiger partial charge in [-0.2, -0.15) is 0 Å². The molecule has 0 aliphatic carbocycles. The van der Waals surface area contributed by atoms with Gasteiger partial charge in [0.2, 0.25) is 11.8 Å². The minimum atomic E-state index is -0.0659. The van der Waals surface area contributed by atoms with E-state index in [1.165, 1.54) is 6.42 Å². The molecule has 2 aliphatic rings. The van der Waals surface area contributed by atoms with Crippen LogP contribution in [0.4, 0.5) is 0 Å².